The molecule has 0 atom stereocenters. The highest BCUT2D eigenvalue weighted by atomic mass is 32.2. The molecule has 0 aromatic heterocycles. The zero-order valence-corrected chi connectivity index (χ0v) is 10.8. The molecule has 1 rings (SSSR count). The lowest BCUT2D eigenvalue weighted by Crippen LogP contribution is -2.25. The quantitative estimate of drug-likeness (QED) is 0.598. The number of hydrogen-bond acceptors (Lipinski definition) is 3. The maximum Gasteiger partial charge on any atom is 0.303 e. The van der Waals surface area contributed by atoms with E-state index in [1.54, 1.807) is 12.1 Å². The predicted molar refractivity (Wildman–Crippen MR) is 67.5 cm³/mol. The van der Waals surface area contributed by atoms with Gasteiger partial charge >= 0.3 is 5.97 Å². The second kappa shape index (κ2) is 7.73. The fourth-order valence-electron chi connectivity index (χ4n) is 1.39. The number of carboxylic acids is 1. The molecule has 0 heterocycles. The summed E-state index contributed by atoms with van der Waals surface area (Å²) < 4.78 is 24.7. The lowest BCUT2D eigenvalue weighted by molar-refractivity contribution is -0.137. The summed E-state index contributed by atoms with van der Waals surface area (Å²) in [6, 6.07) is 6.06. The van der Waals surface area contributed by atoms with E-state index in [-0.39, 0.29) is 23.4 Å². The van der Waals surface area contributed by atoms with Gasteiger partial charge in [0.2, 0.25) is 0 Å². The van der Waals surface area contributed by atoms with Crippen LogP contribution in [-0.2, 0) is 4.79 Å². The lowest BCUT2D eigenvalue weighted by atomic mass is 10.2. The molecule has 0 unspecified atom stereocenters. The maximum atomic E-state index is 12.3. The van der Waals surface area contributed by atoms with Crippen molar-refractivity contribution in [1.29, 1.82) is 0 Å². The number of halogens is 2. The van der Waals surface area contributed by atoms with Gasteiger partial charge in [0.15, 0.2) is 0 Å². The van der Waals surface area contributed by atoms with Crippen molar-refractivity contribution in [3.8, 4) is 0 Å². The lowest BCUT2D eigenvalue weighted by Gasteiger charge is -2.09. The smallest absolute Gasteiger partial charge is 0.303 e. The molecule has 1 aromatic carbocycles. The number of benzene rings is 1. The summed E-state index contributed by atoms with van der Waals surface area (Å²) in [6.07, 6.45) is 0.249. The van der Waals surface area contributed by atoms with Crippen LogP contribution in [0.15, 0.2) is 29.2 Å². The number of carbonyl (C=O) groups is 2. The Labute approximate surface area is 113 Å². The van der Waals surface area contributed by atoms with Crippen molar-refractivity contribution in [2.75, 3.05) is 6.54 Å². The highest BCUT2D eigenvalue weighted by molar-refractivity contribution is 7.99. The van der Waals surface area contributed by atoms with Crippen molar-refractivity contribution in [3.63, 3.8) is 0 Å². The zero-order valence-electron chi connectivity index (χ0n) is 9.94. The van der Waals surface area contributed by atoms with E-state index in [1.807, 2.05) is 0 Å². The Morgan fingerprint density at radius 3 is 2.63 bits per heavy atom. The van der Waals surface area contributed by atoms with Crippen molar-refractivity contribution < 1.29 is 23.5 Å². The van der Waals surface area contributed by atoms with Gasteiger partial charge in [0.05, 0.1) is 5.56 Å². The molecule has 1 amide bonds. The van der Waals surface area contributed by atoms with Gasteiger partial charge in [0.1, 0.15) is 0 Å². The monoisotopic (exact) mass is 289 g/mol. The molecule has 0 bridgehead atoms. The van der Waals surface area contributed by atoms with Crippen LogP contribution < -0.4 is 5.32 Å². The Kier molecular flexibility index (Phi) is 6.27. The predicted octanol–water partition coefficient (Wildman–Crippen LogP) is 2.60. The van der Waals surface area contributed by atoms with Crippen LogP contribution >= 0.6 is 11.8 Å². The number of alkyl halides is 2. The van der Waals surface area contributed by atoms with Crippen LogP contribution in [0.5, 0.6) is 0 Å². The molecule has 2 N–H and O–H groups in total. The number of aliphatic carboxylic acids is 1. The van der Waals surface area contributed by atoms with Crippen molar-refractivity contribution in [1.82, 2.24) is 5.32 Å². The fourth-order valence-corrected chi connectivity index (χ4v) is 2.03. The second-order valence-electron chi connectivity index (χ2n) is 3.63. The summed E-state index contributed by atoms with van der Waals surface area (Å²) in [6.45, 7) is 0.193. The molecule has 19 heavy (non-hydrogen) atoms. The van der Waals surface area contributed by atoms with Crippen LogP contribution in [0.1, 0.15) is 23.2 Å². The number of thioether (sulfide) groups is 1. The SMILES string of the molecule is O=C(O)CCCNC(=O)c1ccccc1SC(F)F. The zero-order chi connectivity index (χ0) is 14.3. The number of nitrogens with one attached hydrogen (secondary N) is 1. The molecule has 0 saturated heterocycles. The Hall–Kier alpha value is -1.63. The fraction of sp³-hybridized carbons (Fsp3) is 0.333. The maximum absolute atomic E-state index is 12.3. The molecule has 7 heteroatoms. The van der Waals surface area contributed by atoms with Gasteiger partial charge in [-0.15, -0.1) is 0 Å². The third kappa shape index (κ3) is 5.69. The molecule has 1 aromatic rings. The Balaban J connectivity index is 2.58. The van der Waals surface area contributed by atoms with E-state index in [0.29, 0.717) is 18.2 Å². The van der Waals surface area contributed by atoms with E-state index in [1.165, 1.54) is 12.1 Å². The summed E-state index contributed by atoms with van der Waals surface area (Å²) in [7, 11) is 0. The second-order valence-corrected chi connectivity index (χ2v) is 4.66. The first kappa shape index (κ1) is 15.4. The topological polar surface area (TPSA) is 66.4 Å². The van der Waals surface area contributed by atoms with E-state index in [9.17, 15) is 18.4 Å². The van der Waals surface area contributed by atoms with Crippen LogP contribution in [0.3, 0.4) is 0 Å². The number of hydrogen-bond donors (Lipinski definition) is 2. The molecule has 0 spiro atoms. The van der Waals surface area contributed by atoms with E-state index in [4.69, 9.17) is 5.11 Å². The van der Waals surface area contributed by atoms with Gasteiger partial charge in [-0.25, -0.2) is 0 Å². The average Bonchev–Trinajstić information content (AvgIpc) is 2.34. The molecule has 0 aliphatic carbocycles. The minimum atomic E-state index is -2.60. The van der Waals surface area contributed by atoms with Crippen LogP contribution in [-0.4, -0.2) is 29.3 Å². The van der Waals surface area contributed by atoms with Gasteiger partial charge in [-0.2, -0.15) is 8.78 Å². The molecule has 0 aliphatic heterocycles. The van der Waals surface area contributed by atoms with Gasteiger partial charge in [0, 0.05) is 17.9 Å². The van der Waals surface area contributed by atoms with Gasteiger partial charge < -0.3 is 10.4 Å². The molecular weight excluding hydrogens is 276 g/mol. The highest BCUT2D eigenvalue weighted by Gasteiger charge is 2.14. The van der Waals surface area contributed by atoms with Gasteiger partial charge in [-0.1, -0.05) is 23.9 Å². The summed E-state index contributed by atoms with van der Waals surface area (Å²) >= 11 is 0.309. The number of carboxylic acid groups (broad SMARTS) is 1. The number of amides is 1. The van der Waals surface area contributed by atoms with Crippen molar-refractivity contribution >= 4 is 23.6 Å². The normalized spacial score (nSPS) is 10.5. The van der Waals surface area contributed by atoms with Crippen molar-refractivity contribution in [2.24, 2.45) is 0 Å². The summed E-state index contributed by atoms with van der Waals surface area (Å²) in [4.78, 5) is 22.3. The first-order chi connectivity index (χ1) is 9.00. The molecule has 0 radical (unpaired) electrons. The summed E-state index contributed by atoms with van der Waals surface area (Å²) in [5, 5.41) is 10.9. The van der Waals surface area contributed by atoms with Crippen LogP contribution in [0.4, 0.5) is 8.78 Å². The van der Waals surface area contributed by atoms with Gasteiger partial charge in [0.25, 0.3) is 11.7 Å². The molecule has 4 nitrogen and oxygen atoms in total. The van der Waals surface area contributed by atoms with E-state index >= 15 is 0 Å². The molecule has 0 aliphatic rings. The Bertz CT molecular complexity index is 454. The first-order valence-electron chi connectivity index (χ1n) is 5.54. The molecule has 104 valence electrons. The van der Waals surface area contributed by atoms with E-state index < -0.39 is 17.6 Å². The van der Waals surface area contributed by atoms with Crippen LogP contribution in [0.25, 0.3) is 0 Å². The third-order valence-electron chi connectivity index (χ3n) is 2.20. The Morgan fingerprint density at radius 1 is 1.32 bits per heavy atom. The van der Waals surface area contributed by atoms with E-state index in [0.717, 1.165) is 0 Å². The largest absolute Gasteiger partial charge is 0.481 e. The average molecular weight is 289 g/mol. The minimum absolute atomic E-state index is 0.0479. The van der Waals surface area contributed by atoms with E-state index in [2.05, 4.69) is 5.32 Å². The van der Waals surface area contributed by atoms with Crippen LogP contribution in [0.2, 0.25) is 0 Å². The van der Waals surface area contributed by atoms with Gasteiger partial charge in [-0.05, 0) is 18.6 Å². The minimum Gasteiger partial charge on any atom is -0.481 e. The number of rotatable bonds is 7. The van der Waals surface area contributed by atoms with Crippen LogP contribution in [0, 0.1) is 0 Å². The summed E-state index contributed by atoms with van der Waals surface area (Å²) in [5.41, 5.74) is 0.170. The highest BCUT2D eigenvalue weighted by Crippen LogP contribution is 2.28. The molecule has 0 saturated carbocycles. The summed E-state index contributed by atoms with van der Waals surface area (Å²) in [5.74, 6) is -4.02. The standard InChI is InChI=1S/C12H13F2NO3S/c13-12(14)19-9-5-2-1-4-8(9)11(18)15-7-3-6-10(16)17/h1-2,4-5,12H,3,6-7H2,(H,15,18)(H,16,17). The number of carbonyl (C=O) groups excluding carboxylic acids is 1. The first-order valence-corrected chi connectivity index (χ1v) is 6.42. The van der Waals surface area contributed by atoms with Crippen molar-refractivity contribution in [3.05, 3.63) is 29.8 Å². The third-order valence-corrected chi connectivity index (χ3v) is 2.99. The Morgan fingerprint density at radius 2 is 2.00 bits per heavy atom. The van der Waals surface area contributed by atoms with Gasteiger partial charge in [-0.3, -0.25) is 9.59 Å². The van der Waals surface area contributed by atoms with Crippen molar-refractivity contribution in [2.45, 2.75) is 23.5 Å². The molecular formula is C12H13F2NO3S. The molecule has 0 fully saturated rings.